The van der Waals surface area contributed by atoms with Crippen LogP contribution in [0.4, 0.5) is 5.69 Å². The third-order valence-electron chi connectivity index (χ3n) is 3.59. The molecule has 1 unspecified atom stereocenters. The van der Waals surface area contributed by atoms with Gasteiger partial charge in [-0.25, -0.2) is 8.42 Å². The summed E-state index contributed by atoms with van der Waals surface area (Å²) in [6.07, 6.45) is 1.55. The van der Waals surface area contributed by atoms with Gasteiger partial charge in [0.15, 0.2) is 9.84 Å². The molecule has 0 saturated carbocycles. The molecule has 0 fully saturated rings. The zero-order valence-corrected chi connectivity index (χ0v) is 13.7. The molecule has 3 rings (SSSR count). The molecule has 0 aromatic heterocycles. The minimum absolute atomic E-state index is 0.117. The number of halogens is 1. The number of nitrogens with zero attached hydrogens (tertiary/aromatic N) is 1. The van der Waals surface area contributed by atoms with Gasteiger partial charge in [-0.05, 0) is 42.5 Å². The lowest BCUT2D eigenvalue weighted by molar-refractivity contribution is 0.0983. The second-order valence-electron chi connectivity index (χ2n) is 5.24. The third-order valence-corrected chi connectivity index (χ3v) is 5.22. The Morgan fingerprint density at radius 3 is 2.26 bits per heavy atom. The van der Waals surface area contributed by atoms with E-state index in [9.17, 15) is 13.2 Å². The number of carbonyl (C=O) groups is 1. The van der Waals surface area contributed by atoms with E-state index in [0.29, 0.717) is 16.3 Å². The number of hydrogen-bond donors (Lipinski definition) is 0. The van der Waals surface area contributed by atoms with Crippen LogP contribution in [0.2, 0.25) is 5.02 Å². The summed E-state index contributed by atoms with van der Waals surface area (Å²) >= 11 is 5.90. The normalized spacial score (nSPS) is 18.7. The van der Waals surface area contributed by atoms with Crippen LogP contribution in [-0.4, -0.2) is 26.1 Å². The highest BCUT2D eigenvalue weighted by Crippen LogP contribution is 2.26. The smallest absolute Gasteiger partial charge is 0.258 e. The highest BCUT2D eigenvalue weighted by Gasteiger charge is 2.31. The lowest BCUT2D eigenvalue weighted by Crippen LogP contribution is -2.41. The fourth-order valence-electron chi connectivity index (χ4n) is 2.50. The van der Waals surface area contributed by atoms with Crippen molar-refractivity contribution in [2.45, 2.75) is 6.04 Å². The molecule has 4 nitrogen and oxygen atoms in total. The molecule has 1 amide bonds. The van der Waals surface area contributed by atoms with Gasteiger partial charge < -0.3 is 4.90 Å². The van der Waals surface area contributed by atoms with Crippen molar-refractivity contribution in [2.24, 2.45) is 0 Å². The molecule has 0 aliphatic carbocycles. The first kappa shape index (κ1) is 15.8. The van der Waals surface area contributed by atoms with Crippen molar-refractivity contribution < 1.29 is 13.2 Å². The van der Waals surface area contributed by atoms with Crippen molar-refractivity contribution in [1.82, 2.24) is 0 Å². The quantitative estimate of drug-likeness (QED) is 0.856. The Bertz CT molecular complexity index is 845. The van der Waals surface area contributed by atoms with Gasteiger partial charge in [0.25, 0.3) is 5.91 Å². The number of hydrogen-bond acceptors (Lipinski definition) is 3. The van der Waals surface area contributed by atoms with Crippen LogP contribution >= 0.6 is 11.6 Å². The second kappa shape index (κ2) is 6.18. The standard InChI is InChI=1S/C17H14ClNO3S/c18-14-6-8-15(9-7-14)19(16-10-11-23(21,22)12-16)17(20)13-4-2-1-3-5-13/h1-11,16H,12H2. The van der Waals surface area contributed by atoms with E-state index >= 15 is 0 Å². The van der Waals surface area contributed by atoms with Crippen LogP contribution in [0.1, 0.15) is 10.4 Å². The maximum Gasteiger partial charge on any atom is 0.258 e. The summed E-state index contributed by atoms with van der Waals surface area (Å²) in [6.45, 7) is 0. The summed E-state index contributed by atoms with van der Waals surface area (Å²) in [6, 6.07) is 15.0. The molecule has 0 N–H and O–H groups in total. The van der Waals surface area contributed by atoms with E-state index in [0.717, 1.165) is 0 Å². The molecular formula is C17H14ClNO3S. The minimum Gasteiger partial charge on any atom is -0.300 e. The molecule has 1 aliphatic rings. The van der Waals surface area contributed by atoms with Crippen LogP contribution in [0.3, 0.4) is 0 Å². The first-order chi connectivity index (χ1) is 11.0. The van der Waals surface area contributed by atoms with Crippen LogP contribution in [0.25, 0.3) is 0 Å². The SMILES string of the molecule is O=C(c1ccccc1)N(c1ccc(Cl)cc1)C1C=CS(=O)(=O)C1. The lowest BCUT2D eigenvalue weighted by Gasteiger charge is -2.27. The number of amides is 1. The topological polar surface area (TPSA) is 54.5 Å². The molecule has 2 aromatic rings. The molecule has 23 heavy (non-hydrogen) atoms. The highest BCUT2D eigenvalue weighted by molar-refractivity contribution is 7.94. The molecule has 1 heterocycles. The first-order valence-electron chi connectivity index (χ1n) is 7.01. The number of carbonyl (C=O) groups excluding carboxylic acids is 1. The van der Waals surface area contributed by atoms with Gasteiger partial charge in [-0.2, -0.15) is 0 Å². The van der Waals surface area contributed by atoms with Crippen molar-refractivity contribution in [3.05, 3.63) is 76.7 Å². The Labute approximate surface area is 139 Å². The predicted octanol–water partition coefficient (Wildman–Crippen LogP) is 3.30. The van der Waals surface area contributed by atoms with Crippen molar-refractivity contribution in [2.75, 3.05) is 10.7 Å². The largest absolute Gasteiger partial charge is 0.300 e. The summed E-state index contributed by atoms with van der Waals surface area (Å²) in [7, 11) is -3.27. The van der Waals surface area contributed by atoms with Gasteiger partial charge in [-0.3, -0.25) is 4.79 Å². The average Bonchev–Trinajstić information content (AvgIpc) is 2.90. The maximum atomic E-state index is 12.9. The predicted molar refractivity (Wildman–Crippen MR) is 91.4 cm³/mol. The van der Waals surface area contributed by atoms with Crippen molar-refractivity contribution in [3.63, 3.8) is 0 Å². The van der Waals surface area contributed by atoms with Crippen LogP contribution in [0.5, 0.6) is 0 Å². The number of anilines is 1. The van der Waals surface area contributed by atoms with Gasteiger partial charge in [-0.15, -0.1) is 0 Å². The van der Waals surface area contributed by atoms with Gasteiger partial charge in [0.2, 0.25) is 0 Å². The second-order valence-corrected chi connectivity index (χ2v) is 7.61. The highest BCUT2D eigenvalue weighted by atomic mass is 35.5. The summed E-state index contributed by atoms with van der Waals surface area (Å²) in [4.78, 5) is 14.4. The summed E-state index contributed by atoms with van der Waals surface area (Å²) in [5.74, 6) is -0.367. The van der Waals surface area contributed by atoms with E-state index in [2.05, 4.69) is 0 Å². The van der Waals surface area contributed by atoms with Crippen molar-refractivity contribution in [3.8, 4) is 0 Å². The van der Waals surface area contributed by atoms with Gasteiger partial charge in [0.05, 0.1) is 11.8 Å². The Balaban J connectivity index is 2.02. The van der Waals surface area contributed by atoms with Gasteiger partial charge in [0.1, 0.15) is 0 Å². The average molecular weight is 348 g/mol. The summed E-state index contributed by atoms with van der Waals surface area (Å²) in [5.41, 5.74) is 1.11. The van der Waals surface area contributed by atoms with E-state index in [1.54, 1.807) is 54.6 Å². The molecule has 0 radical (unpaired) electrons. The van der Waals surface area contributed by atoms with Gasteiger partial charge in [-0.1, -0.05) is 29.8 Å². The number of sulfone groups is 1. The molecule has 6 heteroatoms. The van der Waals surface area contributed by atoms with E-state index in [1.807, 2.05) is 6.07 Å². The third kappa shape index (κ3) is 3.46. The minimum atomic E-state index is -3.27. The van der Waals surface area contributed by atoms with E-state index < -0.39 is 15.9 Å². The van der Waals surface area contributed by atoms with Crippen LogP contribution < -0.4 is 4.90 Å². The Morgan fingerprint density at radius 1 is 1.04 bits per heavy atom. The molecule has 1 aliphatic heterocycles. The van der Waals surface area contributed by atoms with Gasteiger partial charge in [0, 0.05) is 21.7 Å². The first-order valence-corrected chi connectivity index (χ1v) is 9.11. The van der Waals surface area contributed by atoms with Crippen LogP contribution in [-0.2, 0) is 9.84 Å². The maximum absolute atomic E-state index is 12.9. The number of benzene rings is 2. The molecule has 0 saturated heterocycles. The molecule has 0 spiro atoms. The van der Waals surface area contributed by atoms with E-state index in [4.69, 9.17) is 11.6 Å². The zero-order chi connectivity index (χ0) is 16.4. The molecule has 118 valence electrons. The molecular weight excluding hydrogens is 334 g/mol. The fourth-order valence-corrected chi connectivity index (χ4v) is 3.90. The Kier molecular flexibility index (Phi) is 4.24. The Hall–Kier alpha value is -2.11. The summed E-state index contributed by atoms with van der Waals surface area (Å²) < 4.78 is 23.5. The van der Waals surface area contributed by atoms with Crippen LogP contribution in [0, 0.1) is 0 Å². The van der Waals surface area contributed by atoms with E-state index in [1.165, 1.54) is 10.3 Å². The number of rotatable bonds is 3. The molecule has 2 aromatic carbocycles. The van der Waals surface area contributed by atoms with Crippen molar-refractivity contribution in [1.29, 1.82) is 0 Å². The lowest BCUT2D eigenvalue weighted by atomic mass is 10.1. The Morgan fingerprint density at radius 2 is 1.70 bits per heavy atom. The fraction of sp³-hybridized carbons (Fsp3) is 0.118. The molecule has 0 bridgehead atoms. The molecule has 1 atom stereocenters. The van der Waals surface area contributed by atoms with E-state index in [-0.39, 0.29) is 11.7 Å². The summed E-state index contributed by atoms with van der Waals surface area (Å²) in [5, 5.41) is 1.72. The van der Waals surface area contributed by atoms with Crippen molar-refractivity contribution >= 4 is 33.0 Å². The van der Waals surface area contributed by atoms with Gasteiger partial charge >= 0.3 is 0 Å². The monoisotopic (exact) mass is 347 g/mol. The zero-order valence-electron chi connectivity index (χ0n) is 12.1. The van der Waals surface area contributed by atoms with Crippen LogP contribution in [0.15, 0.2) is 66.1 Å².